The normalized spacial score (nSPS) is 18.4. The van der Waals surface area contributed by atoms with E-state index in [1.165, 1.54) is 16.8 Å². The maximum Gasteiger partial charge on any atom is 0.0670 e. The monoisotopic (exact) mass is 278 g/mol. The number of hydrogen-bond acceptors (Lipinski definition) is 4. The Morgan fingerprint density at radius 3 is 2.95 bits per heavy atom. The van der Waals surface area contributed by atoms with Gasteiger partial charge in [-0.2, -0.15) is 0 Å². The van der Waals surface area contributed by atoms with Gasteiger partial charge in [-0.15, -0.1) is 0 Å². The predicted molar refractivity (Wildman–Crippen MR) is 82.4 cm³/mol. The first-order chi connectivity index (χ1) is 9.72. The molecule has 1 N–H and O–H groups in total. The SMILES string of the molecule is COCCNCc1ccc(N(C)C2CCOC2)c(C)c1. The molecule has 20 heavy (non-hydrogen) atoms. The Morgan fingerprint density at radius 2 is 2.30 bits per heavy atom. The van der Waals surface area contributed by atoms with Gasteiger partial charge in [0.25, 0.3) is 0 Å². The van der Waals surface area contributed by atoms with Crippen molar-refractivity contribution in [3.05, 3.63) is 29.3 Å². The number of aryl methyl sites for hydroxylation is 1. The van der Waals surface area contributed by atoms with E-state index in [1.807, 2.05) is 0 Å². The van der Waals surface area contributed by atoms with Crippen LogP contribution in [-0.4, -0.2) is 46.6 Å². The minimum absolute atomic E-state index is 0.513. The number of hydrogen-bond donors (Lipinski definition) is 1. The maximum absolute atomic E-state index is 5.48. The van der Waals surface area contributed by atoms with E-state index in [0.29, 0.717) is 6.04 Å². The van der Waals surface area contributed by atoms with Crippen LogP contribution in [-0.2, 0) is 16.0 Å². The molecule has 1 aliphatic rings. The first-order valence-corrected chi connectivity index (χ1v) is 7.32. The molecule has 1 aliphatic heterocycles. The van der Waals surface area contributed by atoms with Gasteiger partial charge in [-0.1, -0.05) is 12.1 Å². The molecule has 1 saturated heterocycles. The molecule has 112 valence electrons. The second-order valence-electron chi connectivity index (χ2n) is 5.42. The van der Waals surface area contributed by atoms with Crippen LogP contribution < -0.4 is 10.2 Å². The van der Waals surface area contributed by atoms with E-state index in [4.69, 9.17) is 9.47 Å². The van der Waals surface area contributed by atoms with Gasteiger partial charge in [0.15, 0.2) is 0 Å². The highest BCUT2D eigenvalue weighted by Crippen LogP contribution is 2.24. The van der Waals surface area contributed by atoms with Crippen LogP contribution in [0.4, 0.5) is 5.69 Å². The van der Waals surface area contributed by atoms with Crippen LogP contribution in [0.25, 0.3) is 0 Å². The number of rotatable bonds is 7. The minimum Gasteiger partial charge on any atom is -0.383 e. The van der Waals surface area contributed by atoms with Crippen molar-refractivity contribution >= 4 is 5.69 Å². The fraction of sp³-hybridized carbons (Fsp3) is 0.625. The Bertz CT molecular complexity index is 417. The van der Waals surface area contributed by atoms with Crippen molar-refractivity contribution in [1.29, 1.82) is 0 Å². The van der Waals surface area contributed by atoms with Crippen molar-refractivity contribution < 1.29 is 9.47 Å². The van der Waals surface area contributed by atoms with Crippen LogP contribution >= 0.6 is 0 Å². The van der Waals surface area contributed by atoms with Crippen LogP contribution in [0.15, 0.2) is 18.2 Å². The molecule has 0 radical (unpaired) electrons. The van der Waals surface area contributed by atoms with Gasteiger partial charge in [0.2, 0.25) is 0 Å². The number of benzene rings is 1. The molecule has 1 fully saturated rings. The highest BCUT2D eigenvalue weighted by atomic mass is 16.5. The molecule has 0 aliphatic carbocycles. The summed E-state index contributed by atoms with van der Waals surface area (Å²) in [5.41, 5.74) is 3.95. The van der Waals surface area contributed by atoms with Crippen molar-refractivity contribution in [2.24, 2.45) is 0 Å². The highest BCUT2D eigenvalue weighted by Gasteiger charge is 2.21. The molecule has 1 atom stereocenters. The smallest absolute Gasteiger partial charge is 0.0670 e. The van der Waals surface area contributed by atoms with E-state index < -0.39 is 0 Å². The lowest BCUT2D eigenvalue weighted by molar-refractivity contribution is 0.193. The van der Waals surface area contributed by atoms with Crippen LogP contribution in [0.2, 0.25) is 0 Å². The summed E-state index contributed by atoms with van der Waals surface area (Å²) in [6.45, 7) is 6.44. The average Bonchev–Trinajstić information content (AvgIpc) is 2.97. The molecule has 1 unspecified atom stereocenters. The number of methoxy groups -OCH3 is 1. The average molecular weight is 278 g/mol. The third kappa shape index (κ3) is 3.95. The van der Waals surface area contributed by atoms with Gasteiger partial charge < -0.3 is 19.7 Å². The molecule has 0 bridgehead atoms. The molecule has 1 aromatic rings. The molecule has 1 aromatic carbocycles. The summed E-state index contributed by atoms with van der Waals surface area (Å²) in [5.74, 6) is 0. The molecule has 4 heteroatoms. The number of ether oxygens (including phenoxy) is 2. The van der Waals surface area contributed by atoms with Crippen molar-refractivity contribution in [1.82, 2.24) is 5.32 Å². The second kappa shape index (κ2) is 7.62. The fourth-order valence-electron chi connectivity index (χ4n) is 2.65. The van der Waals surface area contributed by atoms with Gasteiger partial charge in [0.1, 0.15) is 0 Å². The van der Waals surface area contributed by atoms with E-state index in [9.17, 15) is 0 Å². The Labute approximate surface area is 122 Å². The summed E-state index contributed by atoms with van der Waals surface area (Å²) < 4.78 is 10.5. The van der Waals surface area contributed by atoms with Gasteiger partial charge in [-0.25, -0.2) is 0 Å². The Kier molecular flexibility index (Phi) is 5.83. The van der Waals surface area contributed by atoms with Gasteiger partial charge in [0.05, 0.1) is 19.3 Å². The van der Waals surface area contributed by atoms with Crippen LogP contribution in [0.1, 0.15) is 17.5 Å². The fourth-order valence-corrected chi connectivity index (χ4v) is 2.65. The summed E-state index contributed by atoms with van der Waals surface area (Å²) in [7, 11) is 3.89. The third-order valence-electron chi connectivity index (χ3n) is 3.91. The maximum atomic E-state index is 5.48. The number of likely N-dealkylation sites (N-methyl/N-ethyl adjacent to an activating group) is 1. The van der Waals surface area contributed by atoms with Gasteiger partial charge in [-0.05, 0) is 30.5 Å². The first kappa shape index (κ1) is 15.3. The zero-order valence-electron chi connectivity index (χ0n) is 12.8. The predicted octanol–water partition coefficient (Wildman–Crippen LogP) is 1.96. The van der Waals surface area contributed by atoms with Gasteiger partial charge in [0, 0.05) is 39.5 Å². The summed E-state index contributed by atoms with van der Waals surface area (Å²) in [4.78, 5) is 2.35. The van der Waals surface area contributed by atoms with E-state index >= 15 is 0 Å². The van der Waals surface area contributed by atoms with Crippen molar-refractivity contribution in [3.8, 4) is 0 Å². The van der Waals surface area contributed by atoms with Crippen LogP contribution in [0, 0.1) is 6.92 Å². The van der Waals surface area contributed by atoms with Gasteiger partial charge >= 0.3 is 0 Å². The Balaban J connectivity index is 1.94. The minimum atomic E-state index is 0.513. The van der Waals surface area contributed by atoms with Crippen LogP contribution in [0.5, 0.6) is 0 Å². The summed E-state index contributed by atoms with van der Waals surface area (Å²) in [6, 6.07) is 7.20. The summed E-state index contributed by atoms with van der Waals surface area (Å²) in [6.07, 6.45) is 1.12. The zero-order valence-corrected chi connectivity index (χ0v) is 12.8. The van der Waals surface area contributed by atoms with E-state index in [0.717, 1.165) is 39.3 Å². The van der Waals surface area contributed by atoms with Crippen molar-refractivity contribution in [2.75, 3.05) is 45.4 Å². The Morgan fingerprint density at radius 1 is 1.45 bits per heavy atom. The molecule has 4 nitrogen and oxygen atoms in total. The van der Waals surface area contributed by atoms with E-state index in [2.05, 4.69) is 42.4 Å². The second-order valence-corrected chi connectivity index (χ2v) is 5.42. The largest absolute Gasteiger partial charge is 0.383 e. The van der Waals surface area contributed by atoms with E-state index in [1.54, 1.807) is 7.11 Å². The molecule has 0 spiro atoms. The quantitative estimate of drug-likeness (QED) is 0.773. The highest BCUT2D eigenvalue weighted by molar-refractivity contribution is 5.54. The number of nitrogens with zero attached hydrogens (tertiary/aromatic N) is 1. The van der Waals surface area contributed by atoms with Gasteiger partial charge in [-0.3, -0.25) is 0 Å². The van der Waals surface area contributed by atoms with Crippen LogP contribution in [0.3, 0.4) is 0 Å². The number of nitrogens with one attached hydrogen (secondary N) is 1. The van der Waals surface area contributed by atoms with Crippen molar-refractivity contribution in [2.45, 2.75) is 25.9 Å². The Hall–Kier alpha value is -1.10. The van der Waals surface area contributed by atoms with E-state index in [-0.39, 0.29) is 0 Å². The molecular formula is C16H26N2O2. The number of anilines is 1. The summed E-state index contributed by atoms with van der Waals surface area (Å²) in [5, 5.41) is 3.38. The lowest BCUT2D eigenvalue weighted by Gasteiger charge is -2.27. The topological polar surface area (TPSA) is 33.7 Å². The lowest BCUT2D eigenvalue weighted by Crippen LogP contribution is -2.32. The summed E-state index contributed by atoms with van der Waals surface area (Å²) >= 11 is 0. The molecule has 0 aromatic heterocycles. The molecule has 0 amide bonds. The third-order valence-corrected chi connectivity index (χ3v) is 3.91. The standard InChI is InChI=1S/C16H26N2O2/c1-13-10-14(11-17-7-9-19-3)4-5-16(13)18(2)15-6-8-20-12-15/h4-5,10,15,17H,6-9,11-12H2,1-3H3. The molecule has 1 heterocycles. The first-order valence-electron chi connectivity index (χ1n) is 7.32. The molecular weight excluding hydrogens is 252 g/mol. The van der Waals surface area contributed by atoms with Crippen molar-refractivity contribution in [3.63, 3.8) is 0 Å². The molecule has 0 saturated carbocycles. The molecule has 2 rings (SSSR count). The lowest BCUT2D eigenvalue weighted by atomic mass is 10.1. The zero-order chi connectivity index (χ0) is 14.4.